The molecule has 5 nitrogen and oxygen atoms in total. The van der Waals surface area contributed by atoms with Gasteiger partial charge in [-0.1, -0.05) is 0 Å². The second-order valence-electron chi connectivity index (χ2n) is 4.96. The maximum absolute atomic E-state index is 12.3. The Bertz CT molecular complexity index is 508. The number of carbonyl (C=O) groups is 2. The van der Waals surface area contributed by atoms with E-state index in [-0.39, 0.29) is 18.4 Å². The van der Waals surface area contributed by atoms with Crippen molar-refractivity contribution in [3.05, 3.63) is 29.3 Å². The highest BCUT2D eigenvalue weighted by atomic mass is 16.5. The first-order valence-electron chi connectivity index (χ1n) is 6.82. The maximum Gasteiger partial charge on any atom is 0.325 e. The van der Waals surface area contributed by atoms with E-state index in [0.717, 1.165) is 37.2 Å². The largest absolute Gasteiger partial charge is 0.468 e. The average Bonchev–Trinajstić information content (AvgIpc) is 2.98. The zero-order valence-electron chi connectivity index (χ0n) is 11.9. The maximum atomic E-state index is 12.3. The number of amides is 1. The molecular formula is C15H20N2O3. The van der Waals surface area contributed by atoms with Gasteiger partial charge in [-0.2, -0.15) is 0 Å². The minimum atomic E-state index is -0.318. The highest BCUT2D eigenvalue weighted by molar-refractivity contribution is 5.95. The molecular weight excluding hydrogens is 256 g/mol. The van der Waals surface area contributed by atoms with E-state index in [1.807, 2.05) is 24.0 Å². The molecule has 0 unspecified atom stereocenters. The fraction of sp³-hybridized carbons (Fsp3) is 0.467. The molecule has 0 spiro atoms. The van der Waals surface area contributed by atoms with Crippen LogP contribution in [-0.4, -0.2) is 43.5 Å². The first-order chi connectivity index (χ1) is 9.61. The first kappa shape index (κ1) is 14.4. The smallest absolute Gasteiger partial charge is 0.325 e. The average molecular weight is 276 g/mol. The number of rotatable bonds is 4. The van der Waals surface area contributed by atoms with Crippen LogP contribution >= 0.6 is 0 Å². The second kappa shape index (κ2) is 6.41. The highest BCUT2D eigenvalue weighted by Crippen LogP contribution is 2.19. The van der Waals surface area contributed by atoms with Crippen molar-refractivity contribution in [1.29, 1.82) is 0 Å². The Kier molecular flexibility index (Phi) is 4.61. The number of nitrogens with one attached hydrogen (secondary N) is 1. The third kappa shape index (κ3) is 3.29. The van der Waals surface area contributed by atoms with Crippen molar-refractivity contribution in [2.75, 3.05) is 32.1 Å². The van der Waals surface area contributed by atoms with E-state index in [1.165, 1.54) is 7.11 Å². The first-order valence-corrected chi connectivity index (χ1v) is 6.82. The number of ether oxygens (including phenoxy) is 1. The van der Waals surface area contributed by atoms with Gasteiger partial charge in [0.25, 0.3) is 5.91 Å². The zero-order chi connectivity index (χ0) is 14.5. The number of hydrogen-bond donors (Lipinski definition) is 1. The summed E-state index contributed by atoms with van der Waals surface area (Å²) < 4.78 is 4.58. The van der Waals surface area contributed by atoms with E-state index in [1.54, 1.807) is 6.07 Å². The summed E-state index contributed by atoms with van der Waals surface area (Å²) in [6.07, 6.45) is 2.17. The van der Waals surface area contributed by atoms with Gasteiger partial charge in [0.15, 0.2) is 0 Å². The molecule has 1 amide bonds. The molecule has 1 fully saturated rings. The lowest BCUT2D eigenvalue weighted by Gasteiger charge is -2.16. The molecule has 1 aliphatic rings. The van der Waals surface area contributed by atoms with Gasteiger partial charge in [0, 0.05) is 24.3 Å². The van der Waals surface area contributed by atoms with E-state index in [0.29, 0.717) is 5.56 Å². The van der Waals surface area contributed by atoms with Gasteiger partial charge < -0.3 is 15.0 Å². The van der Waals surface area contributed by atoms with Crippen LogP contribution in [-0.2, 0) is 9.53 Å². The number of carbonyl (C=O) groups excluding carboxylic acids is 2. The highest BCUT2D eigenvalue weighted by Gasteiger charge is 2.19. The molecule has 1 aromatic carbocycles. The molecule has 1 heterocycles. The molecule has 0 aliphatic carbocycles. The van der Waals surface area contributed by atoms with Gasteiger partial charge in [0.2, 0.25) is 0 Å². The van der Waals surface area contributed by atoms with Crippen molar-refractivity contribution in [2.24, 2.45) is 0 Å². The van der Waals surface area contributed by atoms with Crippen LogP contribution in [0.25, 0.3) is 0 Å². The van der Waals surface area contributed by atoms with Crippen LogP contribution in [0.5, 0.6) is 0 Å². The molecule has 108 valence electrons. The molecule has 0 saturated carbocycles. The standard InChI is InChI=1S/C15H20N2O3/c1-11-9-12(15(19)17-7-3-4-8-17)5-6-13(11)16-10-14(18)20-2/h5-6,9,16H,3-4,7-8,10H2,1-2H3. The van der Waals surface area contributed by atoms with Gasteiger partial charge in [0.1, 0.15) is 6.54 Å². The lowest BCUT2D eigenvalue weighted by molar-refractivity contribution is -0.138. The molecule has 5 heteroatoms. The van der Waals surface area contributed by atoms with E-state index in [4.69, 9.17) is 0 Å². The van der Waals surface area contributed by atoms with Crippen molar-refractivity contribution in [2.45, 2.75) is 19.8 Å². The Balaban J connectivity index is 2.05. The molecule has 0 atom stereocenters. The number of nitrogens with zero attached hydrogens (tertiary/aromatic N) is 1. The van der Waals surface area contributed by atoms with Gasteiger partial charge in [-0.15, -0.1) is 0 Å². The lowest BCUT2D eigenvalue weighted by atomic mass is 10.1. The molecule has 1 N–H and O–H groups in total. The van der Waals surface area contributed by atoms with Crippen molar-refractivity contribution in [1.82, 2.24) is 4.90 Å². The van der Waals surface area contributed by atoms with Crippen LogP contribution in [0, 0.1) is 6.92 Å². The SMILES string of the molecule is COC(=O)CNc1ccc(C(=O)N2CCCC2)cc1C. The molecule has 2 rings (SSSR count). The number of hydrogen-bond acceptors (Lipinski definition) is 4. The third-order valence-electron chi connectivity index (χ3n) is 3.52. The normalized spacial score (nSPS) is 14.2. The summed E-state index contributed by atoms with van der Waals surface area (Å²) in [6, 6.07) is 5.50. The molecule has 1 aliphatic heterocycles. The summed E-state index contributed by atoms with van der Waals surface area (Å²) in [5.41, 5.74) is 2.49. The Morgan fingerprint density at radius 3 is 2.60 bits per heavy atom. The lowest BCUT2D eigenvalue weighted by Crippen LogP contribution is -2.27. The van der Waals surface area contributed by atoms with Crippen molar-refractivity contribution in [3.63, 3.8) is 0 Å². The minimum Gasteiger partial charge on any atom is -0.468 e. The Morgan fingerprint density at radius 1 is 1.30 bits per heavy atom. The van der Waals surface area contributed by atoms with Crippen molar-refractivity contribution in [3.8, 4) is 0 Å². The summed E-state index contributed by atoms with van der Waals surface area (Å²) in [4.78, 5) is 25.2. The van der Waals surface area contributed by atoms with E-state index in [2.05, 4.69) is 10.1 Å². The fourth-order valence-electron chi connectivity index (χ4n) is 2.34. The Morgan fingerprint density at radius 2 is 2.00 bits per heavy atom. The fourth-order valence-corrected chi connectivity index (χ4v) is 2.34. The van der Waals surface area contributed by atoms with Gasteiger partial charge in [-0.25, -0.2) is 0 Å². The van der Waals surface area contributed by atoms with Crippen molar-refractivity contribution < 1.29 is 14.3 Å². The van der Waals surface area contributed by atoms with E-state index < -0.39 is 0 Å². The monoisotopic (exact) mass is 276 g/mol. The molecule has 0 bridgehead atoms. The predicted octanol–water partition coefficient (Wildman–Crippen LogP) is 1.82. The topological polar surface area (TPSA) is 58.6 Å². The van der Waals surface area contributed by atoms with E-state index >= 15 is 0 Å². The Labute approximate surface area is 118 Å². The van der Waals surface area contributed by atoms with Crippen LogP contribution in [0.3, 0.4) is 0 Å². The van der Waals surface area contributed by atoms with Crippen LogP contribution in [0.2, 0.25) is 0 Å². The van der Waals surface area contributed by atoms with Crippen LogP contribution in [0.15, 0.2) is 18.2 Å². The number of anilines is 1. The molecule has 1 saturated heterocycles. The molecule has 0 radical (unpaired) electrons. The number of benzene rings is 1. The molecule has 20 heavy (non-hydrogen) atoms. The summed E-state index contributed by atoms with van der Waals surface area (Å²) >= 11 is 0. The van der Waals surface area contributed by atoms with Gasteiger partial charge >= 0.3 is 5.97 Å². The van der Waals surface area contributed by atoms with Crippen LogP contribution in [0.1, 0.15) is 28.8 Å². The summed E-state index contributed by atoms with van der Waals surface area (Å²) in [5.74, 6) is -0.230. The summed E-state index contributed by atoms with van der Waals surface area (Å²) in [6.45, 7) is 3.73. The zero-order valence-corrected chi connectivity index (χ0v) is 11.9. The van der Waals surface area contributed by atoms with Gasteiger partial charge in [0.05, 0.1) is 7.11 Å². The number of methoxy groups -OCH3 is 1. The summed E-state index contributed by atoms with van der Waals surface area (Å²) in [7, 11) is 1.36. The Hall–Kier alpha value is -2.04. The second-order valence-corrected chi connectivity index (χ2v) is 4.96. The van der Waals surface area contributed by atoms with E-state index in [9.17, 15) is 9.59 Å². The number of esters is 1. The van der Waals surface area contributed by atoms with Gasteiger partial charge in [-0.3, -0.25) is 9.59 Å². The number of aryl methyl sites for hydroxylation is 1. The van der Waals surface area contributed by atoms with Crippen LogP contribution in [0.4, 0.5) is 5.69 Å². The quantitative estimate of drug-likeness (QED) is 0.852. The van der Waals surface area contributed by atoms with Crippen LogP contribution < -0.4 is 5.32 Å². The van der Waals surface area contributed by atoms with Gasteiger partial charge in [-0.05, 0) is 43.5 Å². The predicted molar refractivity (Wildman–Crippen MR) is 76.8 cm³/mol. The number of likely N-dealkylation sites (tertiary alicyclic amines) is 1. The van der Waals surface area contributed by atoms with Crippen molar-refractivity contribution >= 4 is 17.6 Å². The minimum absolute atomic E-state index is 0.0881. The third-order valence-corrected chi connectivity index (χ3v) is 3.52. The molecule has 1 aromatic rings. The molecule has 0 aromatic heterocycles. The summed E-state index contributed by atoms with van der Waals surface area (Å²) in [5, 5.41) is 3.00.